The van der Waals surface area contributed by atoms with Crippen LogP contribution < -0.4 is 5.32 Å². The molecule has 0 saturated heterocycles. The van der Waals surface area contributed by atoms with Crippen molar-refractivity contribution in [3.05, 3.63) is 161 Å². The van der Waals surface area contributed by atoms with Crippen LogP contribution in [0.3, 0.4) is 0 Å². The molecule has 2 atom stereocenters. The molecule has 7 nitrogen and oxygen atoms in total. The Morgan fingerprint density at radius 1 is 0.833 bits per heavy atom. The summed E-state index contributed by atoms with van der Waals surface area (Å²) in [4.78, 5) is 45.5. The van der Waals surface area contributed by atoms with Crippen LogP contribution in [0.25, 0.3) is 10.5 Å². The van der Waals surface area contributed by atoms with E-state index in [4.69, 9.17) is 11.3 Å². The van der Waals surface area contributed by atoms with E-state index in [1.807, 2.05) is 103 Å². The number of amides is 2. The first kappa shape index (κ1) is 28.1. The monoisotopic (exact) mass is 555 g/mol. The predicted molar refractivity (Wildman–Crippen MR) is 159 cm³/mol. The number of carbonyl (C=O) groups excluding carboxylic acids is 3. The van der Waals surface area contributed by atoms with Crippen molar-refractivity contribution in [2.24, 2.45) is 0 Å². The van der Waals surface area contributed by atoms with Crippen LogP contribution in [0.5, 0.6) is 0 Å². The highest BCUT2D eigenvalue weighted by Gasteiger charge is 2.59. The molecule has 2 amide bonds. The minimum atomic E-state index is -1.64. The largest absolute Gasteiger partial charge is 0.460 e. The van der Waals surface area contributed by atoms with Gasteiger partial charge in [-0.25, -0.2) is 6.57 Å². The normalized spacial score (nSPS) is 18.0. The Bertz CT molecular complexity index is 1620. The Balaban J connectivity index is 1.46. The van der Waals surface area contributed by atoms with Gasteiger partial charge in [0, 0.05) is 11.3 Å². The van der Waals surface area contributed by atoms with Gasteiger partial charge in [-0.2, -0.15) is 0 Å². The molecular weight excluding hydrogens is 526 g/mol. The van der Waals surface area contributed by atoms with Gasteiger partial charge in [0.15, 0.2) is 0 Å². The van der Waals surface area contributed by atoms with Gasteiger partial charge in [-0.05, 0) is 22.8 Å². The fourth-order valence-electron chi connectivity index (χ4n) is 5.17. The summed E-state index contributed by atoms with van der Waals surface area (Å²) in [5.74, 6) is -2.28. The Labute approximate surface area is 244 Å². The maximum Gasteiger partial charge on any atom is 0.344 e. The number of esters is 1. The number of hydrogen-bond acceptors (Lipinski definition) is 4. The van der Waals surface area contributed by atoms with Crippen molar-refractivity contribution < 1.29 is 19.1 Å². The smallest absolute Gasteiger partial charge is 0.344 e. The molecule has 208 valence electrons. The van der Waals surface area contributed by atoms with Gasteiger partial charge in [-0.3, -0.25) is 24.1 Å². The summed E-state index contributed by atoms with van der Waals surface area (Å²) in [7, 11) is 0. The summed E-state index contributed by atoms with van der Waals surface area (Å²) < 4.78 is 5.27. The highest BCUT2D eigenvalue weighted by molar-refractivity contribution is 6.02. The molecule has 0 unspecified atom stereocenters. The molecule has 0 aromatic heterocycles. The average molecular weight is 556 g/mol. The number of rotatable bonds is 9. The van der Waals surface area contributed by atoms with Gasteiger partial charge in [0.1, 0.15) is 19.7 Å². The molecule has 4 aromatic rings. The second-order valence-corrected chi connectivity index (χ2v) is 9.86. The zero-order valence-electron chi connectivity index (χ0n) is 22.9. The Hall–Kier alpha value is -5.48. The van der Waals surface area contributed by atoms with Crippen molar-refractivity contribution in [3.8, 4) is 0 Å². The summed E-state index contributed by atoms with van der Waals surface area (Å²) >= 11 is 0. The number of benzene rings is 4. The fourth-order valence-corrected chi connectivity index (χ4v) is 5.17. The summed E-state index contributed by atoms with van der Waals surface area (Å²) in [6, 6.07) is 37.0. The standard InChI is InChI=1S/C35H29N3O4/c1-36-35(29-20-12-5-13-21-29)30(27-16-8-3-9-17-27)22-31(28-18-10-4-11-19-28)38(34(35)41)24-32(39)37-23-33(40)42-25-26-14-6-2-7-15-26/h2-22,30H,23-25H2,(H,37,39)/t30-,35+/m0/s1. The Morgan fingerprint density at radius 3 is 2.02 bits per heavy atom. The van der Waals surface area contributed by atoms with Gasteiger partial charge >= 0.3 is 17.4 Å². The van der Waals surface area contributed by atoms with Crippen LogP contribution in [0.15, 0.2) is 127 Å². The topological polar surface area (TPSA) is 80.1 Å². The first-order valence-electron chi connectivity index (χ1n) is 13.6. The van der Waals surface area contributed by atoms with E-state index in [0.29, 0.717) is 11.3 Å². The molecule has 5 rings (SSSR count). The van der Waals surface area contributed by atoms with Gasteiger partial charge in [0.25, 0.3) is 0 Å². The van der Waals surface area contributed by atoms with E-state index in [1.54, 1.807) is 24.3 Å². The minimum Gasteiger partial charge on any atom is -0.460 e. The second-order valence-electron chi connectivity index (χ2n) is 9.86. The van der Waals surface area contributed by atoms with Crippen LogP contribution in [-0.2, 0) is 31.3 Å². The quantitative estimate of drug-likeness (QED) is 0.224. The van der Waals surface area contributed by atoms with Crippen LogP contribution in [-0.4, -0.2) is 35.8 Å². The van der Waals surface area contributed by atoms with E-state index in [0.717, 1.165) is 16.7 Å². The second kappa shape index (κ2) is 12.8. The molecule has 0 saturated carbocycles. The molecule has 1 N–H and O–H groups in total. The van der Waals surface area contributed by atoms with Crippen LogP contribution >= 0.6 is 0 Å². The summed E-state index contributed by atoms with van der Waals surface area (Å²) in [5, 5.41) is 2.57. The summed E-state index contributed by atoms with van der Waals surface area (Å²) in [5.41, 5.74) is 1.79. The van der Waals surface area contributed by atoms with Crippen molar-refractivity contribution in [3.63, 3.8) is 0 Å². The molecule has 1 aliphatic heterocycles. The lowest BCUT2D eigenvalue weighted by molar-refractivity contribution is -0.145. The van der Waals surface area contributed by atoms with Crippen molar-refractivity contribution in [2.75, 3.05) is 13.1 Å². The lowest BCUT2D eigenvalue weighted by Crippen LogP contribution is -2.53. The zero-order chi connectivity index (χ0) is 29.4. The molecule has 42 heavy (non-hydrogen) atoms. The SMILES string of the molecule is [C-]#[N+][C@@]1(c2ccccc2)C(=O)N(CC(=O)NCC(=O)OCc2ccccc2)C(c2ccccc2)=C[C@H]1c1ccccc1. The van der Waals surface area contributed by atoms with Crippen LogP contribution in [0.2, 0.25) is 0 Å². The van der Waals surface area contributed by atoms with Crippen molar-refractivity contribution in [2.45, 2.75) is 18.1 Å². The van der Waals surface area contributed by atoms with E-state index in [-0.39, 0.29) is 19.7 Å². The number of carbonyl (C=O) groups is 3. The first-order chi connectivity index (χ1) is 20.5. The maximum absolute atomic E-state index is 14.6. The lowest BCUT2D eigenvalue weighted by atomic mass is 9.71. The van der Waals surface area contributed by atoms with Crippen LogP contribution in [0.1, 0.15) is 28.2 Å². The molecule has 0 aliphatic carbocycles. The molecule has 0 spiro atoms. The number of hydrogen-bond donors (Lipinski definition) is 1. The molecule has 0 bridgehead atoms. The molecule has 0 fully saturated rings. The molecule has 1 aliphatic rings. The number of ether oxygens (including phenoxy) is 1. The molecule has 1 heterocycles. The van der Waals surface area contributed by atoms with E-state index < -0.39 is 29.2 Å². The van der Waals surface area contributed by atoms with E-state index in [9.17, 15) is 14.4 Å². The third-order valence-corrected chi connectivity index (χ3v) is 7.23. The van der Waals surface area contributed by atoms with Gasteiger partial charge in [-0.1, -0.05) is 121 Å². The van der Waals surface area contributed by atoms with Gasteiger partial charge in [-0.15, -0.1) is 0 Å². The van der Waals surface area contributed by atoms with Crippen molar-refractivity contribution in [1.82, 2.24) is 10.2 Å². The third-order valence-electron chi connectivity index (χ3n) is 7.23. The molecule has 4 aromatic carbocycles. The number of nitrogens with zero attached hydrogens (tertiary/aromatic N) is 2. The predicted octanol–water partition coefficient (Wildman–Crippen LogP) is 5.33. The van der Waals surface area contributed by atoms with Crippen molar-refractivity contribution >= 4 is 23.5 Å². The Morgan fingerprint density at radius 2 is 1.40 bits per heavy atom. The van der Waals surface area contributed by atoms with E-state index >= 15 is 0 Å². The minimum absolute atomic E-state index is 0.0898. The van der Waals surface area contributed by atoms with Gasteiger partial charge < -0.3 is 10.1 Å². The number of nitrogens with one attached hydrogen (secondary N) is 1. The van der Waals surface area contributed by atoms with Crippen LogP contribution in [0, 0.1) is 6.57 Å². The molecular formula is C35H29N3O4. The van der Waals surface area contributed by atoms with Gasteiger partial charge in [0.05, 0.1) is 5.92 Å². The highest BCUT2D eigenvalue weighted by atomic mass is 16.5. The van der Waals surface area contributed by atoms with Gasteiger partial charge in [0.2, 0.25) is 5.91 Å². The van der Waals surface area contributed by atoms with Crippen LogP contribution in [0.4, 0.5) is 0 Å². The molecule has 0 radical (unpaired) electrons. The highest BCUT2D eigenvalue weighted by Crippen LogP contribution is 2.48. The fraction of sp³-hybridized carbons (Fsp3) is 0.143. The summed E-state index contributed by atoms with van der Waals surface area (Å²) in [6.07, 6.45) is 1.90. The lowest BCUT2D eigenvalue weighted by Gasteiger charge is -2.39. The summed E-state index contributed by atoms with van der Waals surface area (Å²) in [6.45, 7) is 7.74. The molecule has 7 heteroatoms. The Kier molecular flexibility index (Phi) is 8.55. The zero-order valence-corrected chi connectivity index (χ0v) is 22.9. The third kappa shape index (κ3) is 5.84. The maximum atomic E-state index is 14.6. The average Bonchev–Trinajstić information content (AvgIpc) is 3.05. The van der Waals surface area contributed by atoms with Crippen molar-refractivity contribution in [1.29, 1.82) is 0 Å². The van der Waals surface area contributed by atoms with E-state index in [1.165, 1.54) is 4.90 Å². The first-order valence-corrected chi connectivity index (χ1v) is 13.6. The van der Waals surface area contributed by atoms with E-state index in [2.05, 4.69) is 10.2 Å².